The van der Waals surface area contributed by atoms with Gasteiger partial charge < -0.3 is 15.0 Å². The monoisotopic (exact) mass is 499 g/mol. The second kappa shape index (κ2) is 11.4. The molecule has 2 heterocycles. The van der Waals surface area contributed by atoms with Gasteiger partial charge in [-0.2, -0.15) is 4.31 Å². The van der Waals surface area contributed by atoms with Crippen molar-refractivity contribution < 1.29 is 17.9 Å². The summed E-state index contributed by atoms with van der Waals surface area (Å²) >= 11 is 0. The van der Waals surface area contributed by atoms with E-state index in [0.29, 0.717) is 25.3 Å². The Morgan fingerprint density at radius 1 is 0.971 bits per heavy atom. The molecule has 1 N–H and O–H groups in total. The van der Waals surface area contributed by atoms with Crippen molar-refractivity contribution in [1.82, 2.24) is 9.62 Å². The highest BCUT2D eigenvalue weighted by molar-refractivity contribution is 7.89. The number of hydrogen-bond acceptors (Lipinski definition) is 5. The number of nitrogens with one attached hydrogen (secondary N) is 1. The molecule has 7 nitrogen and oxygen atoms in total. The molecule has 1 amide bonds. The molecule has 190 valence electrons. The molecule has 35 heavy (non-hydrogen) atoms. The van der Waals surface area contributed by atoms with Gasteiger partial charge in [-0.05, 0) is 86.9 Å². The van der Waals surface area contributed by atoms with Crippen LogP contribution in [0.5, 0.6) is 5.75 Å². The Morgan fingerprint density at radius 3 is 2.29 bits per heavy atom. The van der Waals surface area contributed by atoms with Gasteiger partial charge in [-0.1, -0.05) is 12.1 Å². The number of aryl methyl sites for hydroxylation is 1. The van der Waals surface area contributed by atoms with Gasteiger partial charge in [0, 0.05) is 38.3 Å². The number of carbonyl (C=O) groups excluding carboxylic acids is 1. The number of methoxy groups -OCH3 is 1. The van der Waals surface area contributed by atoms with E-state index in [1.165, 1.54) is 29.3 Å². The predicted octanol–water partition coefficient (Wildman–Crippen LogP) is 4.28. The third-order valence-corrected chi connectivity index (χ3v) is 8.96. The van der Waals surface area contributed by atoms with Gasteiger partial charge in [0.05, 0.1) is 18.0 Å². The highest BCUT2D eigenvalue weighted by Crippen LogP contribution is 2.28. The number of hydrogen-bond donors (Lipinski definition) is 1. The molecule has 2 saturated heterocycles. The SMILES string of the molecule is COc1ccc(S(=O)(=O)N2CCCC2)cc1CCC(=O)N[C@H](C)c1ccc(N2CCCCC2)cc1. The number of rotatable bonds is 9. The molecule has 4 rings (SSSR count). The summed E-state index contributed by atoms with van der Waals surface area (Å²) in [7, 11) is -1.96. The maximum absolute atomic E-state index is 13.0. The van der Waals surface area contributed by atoms with Crippen LogP contribution in [0, 0.1) is 0 Å². The van der Waals surface area contributed by atoms with E-state index in [2.05, 4.69) is 34.5 Å². The Labute approximate surface area is 209 Å². The third kappa shape index (κ3) is 6.16. The zero-order valence-electron chi connectivity index (χ0n) is 20.8. The normalized spacial score (nSPS) is 17.8. The maximum Gasteiger partial charge on any atom is 0.243 e. The molecule has 0 bridgehead atoms. The summed E-state index contributed by atoms with van der Waals surface area (Å²) in [5.41, 5.74) is 3.03. The minimum absolute atomic E-state index is 0.0764. The highest BCUT2D eigenvalue weighted by Gasteiger charge is 2.28. The van der Waals surface area contributed by atoms with Crippen LogP contribution >= 0.6 is 0 Å². The van der Waals surface area contributed by atoms with Crippen molar-refractivity contribution >= 4 is 21.6 Å². The van der Waals surface area contributed by atoms with E-state index >= 15 is 0 Å². The maximum atomic E-state index is 13.0. The Morgan fingerprint density at radius 2 is 1.63 bits per heavy atom. The van der Waals surface area contributed by atoms with Crippen LogP contribution in [0.2, 0.25) is 0 Å². The molecule has 8 heteroatoms. The number of benzene rings is 2. The number of carbonyl (C=O) groups is 1. The summed E-state index contributed by atoms with van der Waals surface area (Å²) < 4.78 is 32.9. The average Bonchev–Trinajstić information content (AvgIpc) is 3.44. The smallest absolute Gasteiger partial charge is 0.243 e. The molecule has 0 saturated carbocycles. The van der Waals surface area contributed by atoms with Crippen molar-refractivity contribution in [1.29, 1.82) is 0 Å². The van der Waals surface area contributed by atoms with Gasteiger partial charge in [0.15, 0.2) is 0 Å². The largest absolute Gasteiger partial charge is 0.496 e. The van der Waals surface area contributed by atoms with Gasteiger partial charge in [-0.25, -0.2) is 8.42 Å². The third-order valence-electron chi connectivity index (χ3n) is 7.07. The molecule has 2 aliphatic heterocycles. The Kier molecular flexibility index (Phi) is 8.34. The zero-order valence-corrected chi connectivity index (χ0v) is 21.6. The van der Waals surface area contributed by atoms with Gasteiger partial charge in [-0.15, -0.1) is 0 Å². The van der Waals surface area contributed by atoms with Gasteiger partial charge in [0.25, 0.3) is 0 Å². The number of ether oxygens (including phenoxy) is 1. The van der Waals surface area contributed by atoms with Gasteiger partial charge in [0.2, 0.25) is 15.9 Å². The van der Waals surface area contributed by atoms with E-state index in [1.807, 2.05) is 6.92 Å². The summed E-state index contributed by atoms with van der Waals surface area (Å²) in [5, 5.41) is 3.07. The molecule has 0 radical (unpaired) electrons. The Hall–Kier alpha value is -2.58. The summed E-state index contributed by atoms with van der Waals surface area (Å²) in [6.45, 7) is 5.31. The molecule has 2 aliphatic rings. The van der Waals surface area contributed by atoms with Crippen LogP contribution in [0.25, 0.3) is 0 Å². The number of sulfonamides is 1. The lowest BCUT2D eigenvalue weighted by atomic mass is 10.0. The number of piperidine rings is 1. The highest BCUT2D eigenvalue weighted by atomic mass is 32.2. The van der Waals surface area contributed by atoms with Crippen LogP contribution in [0.4, 0.5) is 5.69 Å². The van der Waals surface area contributed by atoms with E-state index < -0.39 is 10.0 Å². The van der Waals surface area contributed by atoms with Gasteiger partial charge in [0.1, 0.15) is 5.75 Å². The summed E-state index contributed by atoms with van der Waals surface area (Å²) in [5.74, 6) is 0.520. The van der Waals surface area contributed by atoms with Crippen LogP contribution in [-0.4, -0.2) is 51.9 Å². The molecule has 2 aromatic carbocycles. The minimum Gasteiger partial charge on any atom is -0.496 e. The first kappa shape index (κ1) is 25.5. The zero-order chi connectivity index (χ0) is 24.8. The molecule has 0 spiro atoms. The second-order valence-electron chi connectivity index (χ2n) is 9.51. The molecule has 1 atom stereocenters. The average molecular weight is 500 g/mol. The van der Waals surface area contributed by atoms with Crippen LogP contribution in [-0.2, 0) is 21.2 Å². The topological polar surface area (TPSA) is 79.0 Å². The second-order valence-corrected chi connectivity index (χ2v) is 11.5. The van der Waals surface area contributed by atoms with E-state index in [1.54, 1.807) is 25.3 Å². The van der Waals surface area contributed by atoms with E-state index in [-0.39, 0.29) is 23.3 Å². The van der Waals surface area contributed by atoms with Crippen LogP contribution in [0.3, 0.4) is 0 Å². The fourth-order valence-corrected chi connectivity index (χ4v) is 6.53. The first-order valence-electron chi connectivity index (χ1n) is 12.7. The fourth-order valence-electron chi connectivity index (χ4n) is 4.96. The van der Waals surface area contributed by atoms with Crippen molar-refractivity contribution in [2.45, 2.75) is 62.8 Å². The molecular weight excluding hydrogens is 462 g/mol. The molecule has 0 aromatic heterocycles. The Balaban J connectivity index is 1.36. The van der Waals surface area contributed by atoms with Crippen molar-refractivity contribution in [3.05, 3.63) is 53.6 Å². The summed E-state index contributed by atoms with van der Waals surface area (Å²) in [6, 6.07) is 13.3. The number of anilines is 1. The summed E-state index contributed by atoms with van der Waals surface area (Å²) in [6.07, 6.45) is 6.22. The van der Waals surface area contributed by atoms with Crippen molar-refractivity contribution in [3.63, 3.8) is 0 Å². The molecule has 0 unspecified atom stereocenters. The lowest BCUT2D eigenvalue weighted by molar-refractivity contribution is -0.121. The van der Waals surface area contributed by atoms with E-state index in [4.69, 9.17) is 4.74 Å². The lowest BCUT2D eigenvalue weighted by Gasteiger charge is -2.29. The summed E-state index contributed by atoms with van der Waals surface area (Å²) in [4.78, 5) is 15.4. The number of nitrogens with zero attached hydrogens (tertiary/aromatic N) is 2. The van der Waals surface area contributed by atoms with Crippen molar-refractivity contribution in [2.24, 2.45) is 0 Å². The minimum atomic E-state index is -3.52. The van der Waals surface area contributed by atoms with E-state index in [0.717, 1.165) is 37.1 Å². The standard InChI is InChI=1S/C27H37N3O4S/c1-21(22-8-11-24(12-9-22)29-16-4-3-5-17-29)28-27(31)15-10-23-20-25(13-14-26(23)34-2)35(32,33)30-18-6-7-19-30/h8-9,11-14,20-21H,3-7,10,15-19H2,1-2H3,(H,28,31)/t21-/m1/s1. The van der Waals surface area contributed by atoms with Gasteiger partial charge >= 0.3 is 0 Å². The Bertz CT molecular complexity index is 1110. The van der Waals surface area contributed by atoms with Gasteiger partial charge in [-0.3, -0.25) is 4.79 Å². The quantitative estimate of drug-likeness (QED) is 0.557. The van der Waals surface area contributed by atoms with Crippen LogP contribution in [0.15, 0.2) is 47.4 Å². The lowest BCUT2D eigenvalue weighted by Crippen LogP contribution is -2.29. The molecule has 0 aliphatic carbocycles. The first-order valence-corrected chi connectivity index (χ1v) is 14.1. The predicted molar refractivity (Wildman–Crippen MR) is 138 cm³/mol. The van der Waals surface area contributed by atoms with Crippen molar-refractivity contribution in [2.75, 3.05) is 38.2 Å². The van der Waals surface area contributed by atoms with Crippen LogP contribution in [0.1, 0.15) is 62.6 Å². The fraction of sp³-hybridized carbons (Fsp3) is 0.519. The first-order chi connectivity index (χ1) is 16.9. The molecule has 2 aromatic rings. The number of amides is 1. The molecular formula is C27H37N3O4S. The van der Waals surface area contributed by atoms with Crippen LogP contribution < -0.4 is 15.0 Å². The molecule has 2 fully saturated rings. The van der Waals surface area contributed by atoms with E-state index in [9.17, 15) is 13.2 Å². The van der Waals surface area contributed by atoms with Crippen molar-refractivity contribution in [3.8, 4) is 5.75 Å².